The number of nitrogens with zero attached hydrogens (tertiary/aromatic N) is 2. The van der Waals surface area contributed by atoms with E-state index in [-0.39, 0.29) is 4.90 Å². The average molecular weight is 355 g/mol. The van der Waals surface area contributed by atoms with Gasteiger partial charge >= 0.3 is 0 Å². The molecule has 25 heavy (non-hydrogen) atoms. The van der Waals surface area contributed by atoms with Crippen LogP contribution in [-0.4, -0.2) is 30.5 Å². The first-order chi connectivity index (χ1) is 11.8. The average Bonchev–Trinajstić information content (AvgIpc) is 2.53. The Kier molecular flexibility index (Phi) is 4.26. The van der Waals surface area contributed by atoms with Gasteiger partial charge < -0.3 is 5.73 Å². The molecule has 6 nitrogen and oxygen atoms in total. The second-order valence-corrected chi connectivity index (χ2v) is 8.01. The molecule has 2 heterocycles. The molecule has 0 spiro atoms. The van der Waals surface area contributed by atoms with E-state index in [9.17, 15) is 13.2 Å². The Hall–Kier alpha value is -2.80. The SMILES string of the molecule is Cc1cnc2c(S(C)(=O)=O)cc(Cc3cnccc3C(N)=O)cc2c1. The first-order valence-corrected chi connectivity index (χ1v) is 9.47. The smallest absolute Gasteiger partial charge is 0.249 e. The van der Waals surface area contributed by atoms with E-state index in [0.717, 1.165) is 22.8 Å². The fourth-order valence-electron chi connectivity index (χ4n) is 2.80. The monoisotopic (exact) mass is 355 g/mol. The van der Waals surface area contributed by atoms with E-state index in [4.69, 9.17) is 5.73 Å². The third-order valence-corrected chi connectivity index (χ3v) is 5.02. The largest absolute Gasteiger partial charge is 0.366 e. The zero-order valence-corrected chi connectivity index (χ0v) is 14.7. The molecule has 0 saturated heterocycles. The number of benzene rings is 1. The molecule has 2 N–H and O–H groups in total. The number of aryl methyl sites for hydroxylation is 1. The summed E-state index contributed by atoms with van der Waals surface area (Å²) in [5.74, 6) is -0.543. The molecule has 0 bridgehead atoms. The molecular formula is C18H17N3O3S. The number of hydrogen-bond acceptors (Lipinski definition) is 5. The maximum atomic E-state index is 12.2. The highest BCUT2D eigenvalue weighted by atomic mass is 32.2. The van der Waals surface area contributed by atoms with Crippen LogP contribution in [-0.2, 0) is 16.3 Å². The summed E-state index contributed by atoms with van der Waals surface area (Å²) in [7, 11) is -3.45. The van der Waals surface area contributed by atoms with Crippen LogP contribution in [0.15, 0.2) is 47.8 Å². The summed E-state index contributed by atoms with van der Waals surface area (Å²) in [6, 6.07) is 6.92. The van der Waals surface area contributed by atoms with Gasteiger partial charge in [0.1, 0.15) is 0 Å². The Morgan fingerprint density at radius 2 is 1.96 bits per heavy atom. The number of carbonyl (C=O) groups excluding carboxylic acids is 1. The molecule has 0 radical (unpaired) electrons. The minimum atomic E-state index is -3.45. The zero-order chi connectivity index (χ0) is 18.2. The molecule has 0 fully saturated rings. The molecule has 0 aliphatic carbocycles. The van der Waals surface area contributed by atoms with E-state index in [1.807, 2.05) is 19.1 Å². The number of hydrogen-bond donors (Lipinski definition) is 1. The van der Waals surface area contributed by atoms with Gasteiger partial charge in [0.15, 0.2) is 9.84 Å². The van der Waals surface area contributed by atoms with Crippen LogP contribution >= 0.6 is 0 Å². The number of sulfone groups is 1. The van der Waals surface area contributed by atoms with Crippen molar-refractivity contribution in [1.29, 1.82) is 0 Å². The second-order valence-electron chi connectivity index (χ2n) is 6.02. The Morgan fingerprint density at radius 1 is 1.20 bits per heavy atom. The molecule has 0 atom stereocenters. The lowest BCUT2D eigenvalue weighted by Gasteiger charge is -2.11. The number of carbonyl (C=O) groups is 1. The van der Waals surface area contributed by atoms with Crippen molar-refractivity contribution in [2.75, 3.05) is 6.26 Å². The van der Waals surface area contributed by atoms with Gasteiger partial charge in [-0.15, -0.1) is 0 Å². The Labute approximate surface area is 145 Å². The van der Waals surface area contributed by atoms with Gasteiger partial charge in [-0.2, -0.15) is 0 Å². The third-order valence-electron chi connectivity index (χ3n) is 3.91. The first kappa shape index (κ1) is 17.0. The molecule has 1 aromatic carbocycles. The fraction of sp³-hybridized carbons (Fsp3) is 0.167. The van der Waals surface area contributed by atoms with E-state index < -0.39 is 15.7 Å². The van der Waals surface area contributed by atoms with Crippen molar-refractivity contribution in [3.8, 4) is 0 Å². The van der Waals surface area contributed by atoms with Crippen molar-refractivity contribution >= 4 is 26.6 Å². The van der Waals surface area contributed by atoms with Gasteiger partial charge in [-0.1, -0.05) is 0 Å². The van der Waals surface area contributed by atoms with Crippen LogP contribution < -0.4 is 5.73 Å². The lowest BCUT2D eigenvalue weighted by molar-refractivity contribution is 0.0999. The lowest BCUT2D eigenvalue weighted by Crippen LogP contribution is -2.14. The highest BCUT2D eigenvalue weighted by Gasteiger charge is 2.16. The molecule has 7 heteroatoms. The van der Waals surface area contributed by atoms with Crippen molar-refractivity contribution < 1.29 is 13.2 Å². The molecular weight excluding hydrogens is 338 g/mol. The number of rotatable bonds is 4. The van der Waals surface area contributed by atoms with E-state index in [1.54, 1.807) is 24.5 Å². The van der Waals surface area contributed by atoms with Gasteiger partial charge in [-0.3, -0.25) is 14.8 Å². The van der Waals surface area contributed by atoms with Crippen molar-refractivity contribution in [1.82, 2.24) is 9.97 Å². The number of pyridine rings is 2. The van der Waals surface area contributed by atoms with Crippen LogP contribution in [0, 0.1) is 6.92 Å². The van der Waals surface area contributed by atoms with Gasteiger partial charge in [0, 0.05) is 35.8 Å². The summed E-state index contributed by atoms with van der Waals surface area (Å²) in [4.78, 5) is 20.1. The van der Waals surface area contributed by atoms with Crippen LogP contribution in [0.1, 0.15) is 27.0 Å². The molecule has 1 amide bonds. The summed E-state index contributed by atoms with van der Waals surface area (Å²) in [5, 5.41) is 0.738. The molecule has 0 aliphatic heterocycles. The summed E-state index contributed by atoms with van der Waals surface area (Å²) in [5.41, 5.74) is 8.55. The minimum absolute atomic E-state index is 0.171. The molecule has 3 aromatic rings. The maximum Gasteiger partial charge on any atom is 0.249 e. The molecule has 2 aromatic heterocycles. The fourth-order valence-corrected chi connectivity index (χ4v) is 3.69. The number of nitrogens with two attached hydrogens (primary N) is 1. The van der Waals surface area contributed by atoms with Gasteiger partial charge in [0.2, 0.25) is 5.91 Å². The molecule has 0 unspecified atom stereocenters. The standard InChI is InChI=1S/C18H17N3O3S/c1-11-5-13-6-12(7-14-10-20-4-3-15(14)18(19)22)8-16(25(2,23)24)17(13)21-9-11/h3-6,8-10H,7H2,1-2H3,(H2,19,22). The number of amides is 1. The predicted molar refractivity (Wildman–Crippen MR) is 95.2 cm³/mol. The van der Waals surface area contributed by atoms with Crippen LogP contribution in [0.5, 0.6) is 0 Å². The molecule has 3 rings (SSSR count). The highest BCUT2D eigenvalue weighted by molar-refractivity contribution is 7.91. The predicted octanol–water partition coefficient (Wildman–Crippen LogP) is 2.03. The van der Waals surface area contributed by atoms with Crippen LogP contribution in [0.25, 0.3) is 10.9 Å². The third kappa shape index (κ3) is 3.51. The van der Waals surface area contributed by atoms with Crippen molar-refractivity contribution in [2.24, 2.45) is 5.73 Å². The van der Waals surface area contributed by atoms with E-state index in [0.29, 0.717) is 23.1 Å². The molecule has 0 aliphatic rings. The summed E-state index contributed by atoms with van der Waals surface area (Å²) in [6.07, 6.45) is 6.21. The highest BCUT2D eigenvalue weighted by Crippen LogP contribution is 2.26. The van der Waals surface area contributed by atoms with Crippen LogP contribution in [0.4, 0.5) is 0 Å². The normalized spacial score (nSPS) is 11.6. The number of aromatic nitrogens is 2. The quantitative estimate of drug-likeness (QED) is 0.771. The summed E-state index contributed by atoms with van der Waals surface area (Å²) < 4.78 is 24.4. The van der Waals surface area contributed by atoms with Crippen molar-refractivity contribution in [3.63, 3.8) is 0 Å². The van der Waals surface area contributed by atoms with E-state index >= 15 is 0 Å². The minimum Gasteiger partial charge on any atom is -0.366 e. The molecule has 0 saturated carbocycles. The van der Waals surface area contributed by atoms with Crippen molar-refractivity contribution in [2.45, 2.75) is 18.2 Å². The van der Waals surface area contributed by atoms with E-state index in [1.165, 1.54) is 6.20 Å². The number of primary amides is 1. The lowest BCUT2D eigenvalue weighted by atomic mass is 10.00. The van der Waals surface area contributed by atoms with Gasteiger partial charge in [-0.05, 0) is 54.3 Å². The second kappa shape index (κ2) is 6.25. The Bertz CT molecular complexity index is 1090. The summed E-state index contributed by atoms with van der Waals surface area (Å²) >= 11 is 0. The first-order valence-electron chi connectivity index (χ1n) is 7.58. The Balaban J connectivity index is 2.20. The number of fused-ring (bicyclic) bond motifs is 1. The van der Waals surface area contributed by atoms with Crippen molar-refractivity contribution in [3.05, 3.63) is 65.1 Å². The van der Waals surface area contributed by atoms with Gasteiger partial charge in [0.25, 0.3) is 0 Å². The maximum absolute atomic E-state index is 12.2. The van der Waals surface area contributed by atoms with Gasteiger partial charge in [-0.25, -0.2) is 8.42 Å². The molecule has 128 valence electrons. The Morgan fingerprint density at radius 3 is 2.64 bits per heavy atom. The topological polar surface area (TPSA) is 103 Å². The van der Waals surface area contributed by atoms with Crippen LogP contribution in [0.2, 0.25) is 0 Å². The summed E-state index contributed by atoms with van der Waals surface area (Å²) in [6.45, 7) is 1.89. The van der Waals surface area contributed by atoms with Crippen LogP contribution in [0.3, 0.4) is 0 Å². The van der Waals surface area contributed by atoms with Gasteiger partial charge in [0.05, 0.1) is 10.4 Å². The zero-order valence-electron chi connectivity index (χ0n) is 13.9. The van der Waals surface area contributed by atoms with E-state index in [2.05, 4.69) is 9.97 Å².